The molecule has 100 valence electrons. The highest BCUT2D eigenvalue weighted by molar-refractivity contribution is 7.89. The maximum atomic E-state index is 12.2. The summed E-state index contributed by atoms with van der Waals surface area (Å²) in [5, 5.41) is 0.307. The SMILES string of the molecule is Cc1c(N)cc(Cl)cc1S(=O)(=O)NC1CCOC1. The molecule has 0 amide bonds. The normalized spacial score (nSPS) is 20.2. The number of halogens is 1. The zero-order valence-electron chi connectivity index (χ0n) is 9.94. The molecule has 1 aromatic rings. The van der Waals surface area contributed by atoms with Crippen LogP contribution in [0, 0.1) is 6.92 Å². The van der Waals surface area contributed by atoms with Crippen LogP contribution in [0.3, 0.4) is 0 Å². The lowest BCUT2D eigenvalue weighted by Gasteiger charge is -2.14. The average Bonchev–Trinajstić information content (AvgIpc) is 2.75. The highest BCUT2D eigenvalue weighted by atomic mass is 35.5. The first kappa shape index (κ1) is 13.6. The minimum absolute atomic E-state index is 0.124. The molecule has 0 saturated carbocycles. The van der Waals surface area contributed by atoms with E-state index in [-0.39, 0.29) is 10.9 Å². The highest BCUT2D eigenvalue weighted by Gasteiger charge is 2.25. The number of rotatable bonds is 3. The lowest BCUT2D eigenvalue weighted by Crippen LogP contribution is -2.35. The van der Waals surface area contributed by atoms with Crippen molar-refractivity contribution in [2.75, 3.05) is 18.9 Å². The summed E-state index contributed by atoms with van der Waals surface area (Å²) in [7, 11) is -3.61. The van der Waals surface area contributed by atoms with Gasteiger partial charge in [-0.1, -0.05) is 11.6 Å². The molecule has 0 aliphatic carbocycles. The van der Waals surface area contributed by atoms with Crippen LogP contribution in [-0.2, 0) is 14.8 Å². The molecule has 3 N–H and O–H groups in total. The second-order valence-electron chi connectivity index (χ2n) is 4.30. The Balaban J connectivity index is 2.34. The molecule has 7 heteroatoms. The third-order valence-electron chi connectivity index (χ3n) is 2.91. The molecule has 1 fully saturated rings. The first-order valence-electron chi connectivity index (χ1n) is 5.56. The van der Waals surface area contributed by atoms with Crippen molar-refractivity contribution in [1.29, 1.82) is 0 Å². The van der Waals surface area contributed by atoms with Crippen molar-refractivity contribution in [3.05, 3.63) is 22.7 Å². The largest absolute Gasteiger partial charge is 0.398 e. The van der Waals surface area contributed by atoms with Crippen molar-refractivity contribution in [3.63, 3.8) is 0 Å². The van der Waals surface area contributed by atoms with Crippen molar-refractivity contribution in [1.82, 2.24) is 4.72 Å². The van der Waals surface area contributed by atoms with Crippen molar-refractivity contribution in [2.45, 2.75) is 24.3 Å². The zero-order chi connectivity index (χ0) is 13.3. The van der Waals surface area contributed by atoms with Crippen LogP contribution < -0.4 is 10.5 Å². The van der Waals surface area contributed by atoms with Crippen molar-refractivity contribution in [2.24, 2.45) is 0 Å². The predicted molar refractivity (Wildman–Crippen MR) is 70.1 cm³/mol. The lowest BCUT2D eigenvalue weighted by molar-refractivity contribution is 0.192. The van der Waals surface area contributed by atoms with E-state index in [1.165, 1.54) is 12.1 Å². The van der Waals surface area contributed by atoms with Gasteiger partial charge in [0.1, 0.15) is 0 Å². The number of anilines is 1. The molecule has 1 saturated heterocycles. The molecule has 1 aliphatic rings. The second kappa shape index (κ2) is 5.05. The smallest absolute Gasteiger partial charge is 0.241 e. The molecule has 0 aromatic heterocycles. The average molecular weight is 291 g/mol. The molecule has 0 radical (unpaired) electrons. The van der Waals surface area contributed by atoms with Gasteiger partial charge < -0.3 is 10.5 Å². The van der Waals surface area contributed by atoms with Gasteiger partial charge in [-0.05, 0) is 31.0 Å². The Bertz CT molecular complexity index is 554. The summed E-state index contributed by atoms with van der Waals surface area (Å²) < 4.78 is 32.2. The number of nitrogens with two attached hydrogens (primary N) is 1. The second-order valence-corrected chi connectivity index (χ2v) is 6.42. The van der Waals surface area contributed by atoms with E-state index < -0.39 is 10.0 Å². The standard InChI is InChI=1S/C11H15ClN2O3S/c1-7-10(13)4-8(12)5-11(7)18(15,16)14-9-2-3-17-6-9/h4-5,9,14H,2-3,6,13H2,1H3. The van der Waals surface area contributed by atoms with Crippen LogP contribution in [0.15, 0.2) is 17.0 Å². The maximum Gasteiger partial charge on any atom is 0.241 e. The van der Waals surface area contributed by atoms with Gasteiger partial charge in [0.05, 0.1) is 11.5 Å². The summed E-state index contributed by atoms with van der Waals surface area (Å²) in [6, 6.07) is 2.76. The first-order valence-corrected chi connectivity index (χ1v) is 7.42. The van der Waals surface area contributed by atoms with E-state index in [2.05, 4.69) is 4.72 Å². The van der Waals surface area contributed by atoms with Gasteiger partial charge in [-0.2, -0.15) is 0 Å². The Morgan fingerprint density at radius 3 is 2.83 bits per heavy atom. The zero-order valence-corrected chi connectivity index (χ0v) is 11.5. The molecule has 5 nitrogen and oxygen atoms in total. The van der Waals surface area contributed by atoms with Gasteiger partial charge in [0, 0.05) is 23.4 Å². The van der Waals surface area contributed by atoms with Crippen molar-refractivity contribution >= 4 is 27.3 Å². The molecule has 2 rings (SSSR count). The van der Waals surface area contributed by atoms with E-state index in [9.17, 15) is 8.42 Å². The maximum absolute atomic E-state index is 12.2. The Morgan fingerprint density at radius 1 is 1.50 bits per heavy atom. The third-order valence-corrected chi connectivity index (χ3v) is 4.77. The van der Waals surface area contributed by atoms with Crippen LogP contribution in [0.1, 0.15) is 12.0 Å². The number of sulfonamides is 1. The molecule has 0 spiro atoms. The van der Waals surface area contributed by atoms with Gasteiger partial charge >= 0.3 is 0 Å². The Hall–Kier alpha value is -0.820. The Labute approximate surface area is 111 Å². The van der Waals surface area contributed by atoms with E-state index in [0.717, 1.165) is 0 Å². The van der Waals surface area contributed by atoms with Crippen LogP contribution in [0.2, 0.25) is 5.02 Å². The molecule has 1 atom stereocenters. The topological polar surface area (TPSA) is 81.4 Å². The fraction of sp³-hybridized carbons (Fsp3) is 0.455. The fourth-order valence-corrected chi connectivity index (χ4v) is 3.71. The van der Waals surface area contributed by atoms with Gasteiger partial charge in [0.25, 0.3) is 0 Å². The minimum Gasteiger partial charge on any atom is -0.398 e. The molecule has 1 unspecified atom stereocenters. The number of ether oxygens (including phenoxy) is 1. The van der Waals surface area contributed by atoms with E-state index >= 15 is 0 Å². The number of hydrogen-bond acceptors (Lipinski definition) is 4. The molecule has 1 aliphatic heterocycles. The van der Waals surface area contributed by atoms with Crippen molar-refractivity contribution in [3.8, 4) is 0 Å². The van der Waals surface area contributed by atoms with E-state index in [1.807, 2.05) is 0 Å². The monoisotopic (exact) mass is 290 g/mol. The Kier molecular flexibility index (Phi) is 3.82. The van der Waals surface area contributed by atoms with E-state index in [4.69, 9.17) is 22.1 Å². The molecular weight excluding hydrogens is 276 g/mol. The van der Waals surface area contributed by atoms with Crippen LogP contribution >= 0.6 is 11.6 Å². The quantitative estimate of drug-likeness (QED) is 0.822. The van der Waals surface area contributed by atoms with Gasteiger partial charge in [-0.25, -0.2) is 13.1 Å². The van der Waals surface area contributed by atoms with Gasteiger partial charge in [0.15, 0.2) is 0 Å². The van der Waals surface area contributed by atoms with Gasteiger partial charge in [0.2, 0.25) is 10.0 Å². The fourth-order valence-electron chi connectivity index (χ4n) is 1.86. The molecule has 1 aromatic carbocycles. The van der Waals surface area contributed by atoms with Crippen LogP contribution in [0.5, 0.6) is 0 Å². The summed E-state index contributed by atoms with van der Waals surface area (Å²) >= 11 is 5.85. The first-order chi connectivity index (χ1) is 8.40. The summed E-state index contributed by atoms with van der Waals surface area (Å²) in [5.74, 6) is 0. The molecule has 18 heavy (non-hydrogen) atoms. The lowest BCUT2D eigenvalue weighted by atomic mass is 10.2. The molecule has 0 bridgehead atoms. The number of nitrogen functional groups attached to an aromatic ring is 1. The third kappa shape index (κ3) is 2.77. The van der Waals surface area contributed by atoms with Gasteiger partial charge in [-0.3, -0.25) is 0 Å². The van der Waals surface area contributed by atoms with E-state index in [1.54, 1.807) is 6.92 Å². The van der Waals surface area contributed by atoms with Crippen LogP contribution in [0.25, 0.3) is 0 Å². The summed E-state index contributed by atoms with van der Waals surface area (Å²) in [6.07, 6.45) is 0.675. The van der Waals surface area contributed by atoms with Gasteiger partial charge in [-0.15, -0.1) is 0 Å². The predicted octanol–water partition coefficient (Wildman–Crippen LogP) is 1.30. The van der Waals surface area contributed by atoms with Crippen LogP contribution in [-0.4, -0.2) is 27.7 Å². The number of benzene rings is 1. The van der Waals surface area contributed by atoms with Crippen molar-refractivity contribution < 1.29 is 13.2 Å². The molecular formula is C11H15ClN2O3S. The minimum atomic E-state index is -3.61. The number of nitrogens with one attached hydrogen (secondary N) is 1. The number of hydrogen-bond donors (Lipinski definition) is 2. The van der Waals surface area contributed by atoms with Crippen LogP contribution in [0.4, 0.5) is 5.69 Å². The summed E-state index contributed by atoms with van der Waals surface area (Å²) in [4.78, 5) is 0.124. The Morgan fingerprint density at radius 2 is 2.22 bits per heavy atom. The highest BCUT2D eigenvalue weighted by Crippen LogP contribution is 2.26. The van der Waals surface area contributed by atoms with E-state index in [0.29, 0.717) is 35.9 Å². The summed E-state index contributed by atoms with van der Waals surface area (Å²) in [5.41, 5.74) is 6.60. The summed E-state index contributed by atoms with van der Waals surface area (Å²) in [6.45, 7) is 2.63. The molecule has 1 heterocycles.